The van der Waals surface area contributed by atoms with Crippen molar-refractivity contribution >= 4 is 11.9 Å². The van der Waals surface area contributed by atoms with Gasteiger partial charge in [-0.2, -0.15) is 5.10 Å². The van der Waals surface area contributed by atoms with Crippen molar-refractivity contribution in [2.75, 3.05) is 13.1 Å². The van der Waals surface area contributed by atoms with Crippen molar-refractivity contribution in [2.45, 2.75) is 40.5 Å². The van der Waals surface area contributed by atoms with Crippen molar-refractivity contribution in [3.8, 4) is 0 Å². The van der Waals surface area contributed by atoms with Crippen LogP contribution >= 0.6 is 0 Å². The summed E-state index contributed by atoms with van der Waals surface area (Å²) in [5.41, 5.74) is 2.34. The molecule has 22 heavy (non-hydrogen) atoms. The van der Waals surface area contributed by atoms with Gasteiger partial charge in [0.2, 0.25) is 5.91 Å². The number of carboxylic acids is 1. The molecule has 0 aromatic carbocycles. The van der Waals surface area contributed by atoms with Crippen molar-refractivity contribution < 1.29 is 14.7 Å². The summed E-state index contributed by atoms with van der Waals surface area (Å²) in [5.74, 6) is -0.959. The molecule has 122 valence electrons. The standard InChI is InChI=1S/C16H25N3O3/c1-10(8-13-11(2)17-18(5)12(13)3)14(20)19-7-6-16(4,9-19)15(21)22/h10H,6-9H2,1-5H3,(H,21,22)/t10-,16+/m0/s1. The van der Waals surface area contributed by atoms with Crippen LogP contribution in [0.1, 0.15) is 37.2 Å². The van der Waals surface area contributed by atoms with Gasteiger partial charge in [-0.15, -0.1) is 0 Å². The van der Waals surface area contributed by atoms with E-state index in [0.717, 1.165) is 17.0 Å². The summed E-state index contributed by atoms with van der Waals surface area (Å²) in [6.07, 6.45) is 1.16. The van der Waals surface area contributed by atoms with Gasteiger partial charge in [-0.05, 0) is 39.2 Å². The van der Waals surface area contributed by atoms with E-state index in [1.54, 1.807) is 11.8 Å². The molecule has 2 rings (SSSR count). The molecule has 0 spiro atoms. The third-order valence-electron chi connectivity index (χ3n) is 4.89. The molecule has 1 aliphatic heterocycles. The van der Waals surface area contributed by atoms with Gasteiger partial charge >= 0.3 is 5.97 Å². The molecule has 1 amide bonds. The van der Waals surface area contributed by atoms with Gasteiger partial charge in [0.15, 0.2) is 0 Å². The number of nitrogens with zero attached hydrogens (tertiary/aromatic N) is 3. The number of aromatic nitrogens is 2. The van der Waals surface area contributed by atoms with Gasteiger partial charge in [-0.25, -0.2) is 0 Å². The largest absolute Gasteiger partial charge is 0.481 e. The van der Waals surface area contributed by atoms with Gasteiger partial charge in [0.1, 0.15) is 0 Å². The van der Waals surface area contributed by atoms with E-state index in [2.05, 4.69) is 5.10 Å². The fourth-order valence-electron chi connectivity index (χ4n) is 3.14. The van der Waals surface area contributed by atoms with Crippen LogP contribution < -0.4 is 0 Å². The highest BCUT2D eigenvalue weighted by Crippen LogP contribution is 2.31. The van der Waals surface area contributed by atoms with E-state index in [1.807, 2.05) is 32.5 Å². The number of carbonyl (C=O) groups excluding carboxylic acids is 1. The number of amides is 1. The Bertz CT molecular complexity index is 608. The summed E-state index contributed by atoms with van der Waals surface area (Å²) in [6, 6.07) is 0. The van der Waals surface area contributed by atoms with Crippen LogP contribution in [0.15, 0.2) is 0 Å². The Morgan fingerprint density at radius 3 is 2.50 bits per heavy atom. The number of rotatable bonds is 4. The molecule has 0 saturated carbocycles. The Morgan fingerprint density at radius 2 is 2.05 bits per heavy atom. The summed E-state index contributed by atoms with van der Waals surface area (Å²) in [4.78, 5) is 25.6. The highest BCUT2D eigenvalue weighted by Gasteiger charge is 2.42. The zero-order valence-electron chi connectivity index (χ0n) is 14.0. The Labute approximate surface area is 131 Å². The smallest absolute Gasteiger partial charge is 0.311 e. The number of hydrogen-bond donors (Lipinski definition) is 1. The third-order valence-corrected chi connectivity index (χ3v) is 4.89. The lowest BCUT2D eigenvalue weighted by atomic mass is 9.90. The fourth-order valence-corrected chi connectivity index (χ4v) is 3.14. The molecule has 0 bridgehead atoms. The molecular weight excluding hydrogens is 282 g/mol. The average Bonchev–Trinajstić information content (AvgIpc) is 2.95. The molecule has 2 atom stereocenters. The molecule has 1 saturated heterocycles. The van der Waals surface area contributed by atoms with Gasteiger partial charge in [-0.3, -0.25) is 14.3 Å². The van der Waals surface area contributed by atoms with Crippen molar-refractivity contribution in [1.29, 1.82) is 0 Å². The summed E-state index contributed by atoms with van der Waals surface area (Å²) in [6.45, 7) is 8.40. The van der Waals surface area contributed by atoms with Gasteiger partial charge in [0, 0.05) is 31.7 Å². The predicted molar refractivity (Wildman–Crippen MR) is 82.5 cm³/mol. The summed E-state index contributed by atoms with van der Waals surface area (Å²) < 4.78 is 1.83. The first-order valence-corrected chi connectivity index (χ1v) is 7.67. The first kappa shape index (κ1) is 16.5. The lowest BCUT2D eigenvalue weighted by Crippen LogP contribution is -2.38. The topological polar surface area (TPSA) is 75.4 Å². The third kappa shape index (κ3) is 2.87. The first-order chi connectivity index (χ1) is 10.2. The van der Waals surface area contributed by atoms with Crippen LogP contribution in [0.25, 0.3) is 0 Å². The maximum absolute atomic E-state index is 12.6. The van der Waals surface area contributed by atoms with Crippen LogP contribution in [0.3, 0.4) is 0 Å². The fraction of sp³-hybridized carbons (Fsp3) is 0.688. The van der Waals surface area contributed by atoms with Gasteiger partial charge < -0.3 is 10.0 Å². The van der Waals surface area contributed by atoms with Crippen molar-refractivity contribution in [3.63, 3.8) is 0 Å². The van der Waals surface area contributed by atoms with Crippen LogP contribution in [0, 0.1) is 25.2 Å². The minimum Gasteiger partial charge on any atom is -0.481 e. The maximum atomic E-state index is 12.6. The maximum Gasteiger partial charge on any atom is 0.311 e. The van der Waals surface area contributed by atoms with Crippen molar-refractivity contribution in [2.24, 2.45) is 18.4 Å². The van der Waals surface area contributed by atoms with E-state index < -0.39 is 11.4 Å². The Kier molecular flexibility index (Phi) is 4.31. The predicted octanol–water partition coefficient (Wildman–Crippen LogP) is 1.54. The Hall–Kier alpha value is -1.85. The van der Waals surface area contributed by atoms with Crippen LogP contribution in [0.2, 0.25) is 0 Å². The van der Waals surface area contributed by atoms with E-state index in [9.17, 15) is 14.7 Å². The second kappa shape index (κ2) is 5.74. The highest BCUT2D eigenvalue weighted by molar-refractivity contribution is 5.82. The zero-order valence-corrected chi connectivity index (χ0v) is 14.0. The quantitative estimate of drug-likeness (QED) is 0.915. The molecule has 1 aliphatic rings. The van der Waals surface area contributed by atoms with Crippen molar-refractivity contribution in [3.05, 3.63) is 17.0 Å². The number of carboxylic acid groups (broad SMARTS) is 1. The number of aliphatic carboxylic acids is 1. The SMILES string of the molecule is Cc1nn(C)c(C)c1C[C@H](C)C(=O)N1CC[C@@](C)(C(=O)O)C1. The normalized spacial score (nSPS) is 22.9. The second-order valence-corrected chi connectivity index (χ2v) is 6.75. The van der Waals surface area contributed by atoms with E-state index in [4.69, 9.17) is 0 Å². The number of aryl methyl sites for hydroxylation is 2. The van der Waals surface area contributed by atoms with Crippen LogP contribution in [0.4, 0.5) is 0 Å². The molecule has 6 nitrogen and oxygen atoms in total. The summed E-state index contributed by atoms with van der Waals surface area (Å²) >= 11 is 0. The van der Waals surface area contributed by atoms with Crippen LogP contribution in [0.5, 0.6) is 0 Å². The lowest BCUT2D eigenvalue weighted by Gasteiger charge is -2.23. The van der Waals surface area contributed by atoms with Crippen molar-refractivity contribution in [1.82, 2.24) is 14.7 Å². The van der Waals surface area contributed by atoms with Gasteiger partial charge in [0.25, 0.3) is 0 Å². The summed E-state index contributed by atoms with van der Waals surface area (Å²) in [7, 11) is 1.90. The number of hydrogen-bond acceptors (Lipinski definition) is 3. The summed E-state index contributed by atoms with van der Waals surface area (Å²) in [5, 5.41) is 13.7. The zero-order chi connectivity index (χ0) is 16.7. The van der Waals surface area contributed by atoms with E-state index in [0.29, 0.717) is 25.9 Å². The van der Waals surface area contributed by atoms with Gasteiger partial charge in [0.05, 0.1) is 11.1 Å². The van der Waals surface area contributed by atoms with Gasteiger partial charge in [-0.1, -0.05) is 6.92 Å². The molecule has 6 heteroatoms. The van der Waals surface area contributed by atoms with E-state index >= 15 is 0 Å². The molecule has 0 radical (unpaired) electrons. The number of carbonyl (C=O) groups is 2. The minimum absolute atomic E-state index is 0.0348. The lowest BCUT2D eigenvalue weighted by molar-refractivity contribution is -0.147. The Morgan fingerprint density at radius 1 is 1.41 bits per heavy atom. The second-order valence-electron chi connectivity index (χ2n) is 6.75. The van der Waals surface area contributed by atoms with E-state index in [1.165, 1.54) is 0 Å². The minimum atomic E-state index is -0.825. The first-order valence-electron chi connectivity index (χ1n) is 7.67. The highest BCUT2D eigenvalue weighted by atomic mass is 16.4. The molecule has 0 aliphatic carbocycles. The average molecular weight is 307 g/mol. The molecule has 1 fully saturated rings. The van der Waals surface area contributed by atoms with Crippen LogP contribution in [-0.4, -0.2) is 44.8 Å². The van der Waals surface area contributed by atoms with Crippen LogP contribution in [-0.2, 0) is 23.1 Å². The number of likely N-dealkylation sites (tertiary alicyclic amines) is 1. The Balaban J connectivity index is 2.06. The molecule has 1 aromatic rings. The molecule has 1 aromatic heterocycles. The monoisotopic (exact) mass is 307 g/mol. The molecule has 0 unspecified atom stereocenters. The van der Waals surface area contributed by atoms with E-state index in [-0.39, 0.29) is 11.8 Å². The molecule has 2 heterocycles. The molecular formula is C16H25N3O3. The molecule has 1 N–H and O–H groups in total.